The van der Waals surface area contributed by atoms with Crippen molar-refractivity contribution in [2.75, 3.05) is 26.2 Å². The van der Waals surface area contributed by atoms with E-state index in [1.165, 1.54) is 12.1 Å². The van der Waals surface area contributed by atoms with Gasteiger partial charge in [-0.1, -0.05) is 0 Å². The lowest BCUT2D eigenvalue weighted by Crippen LogP contribution is -2.57. The van der Waals surface area contributed by atoms with Crippen molar-refractivity contribution < 1.29 is 9.18 Å². The van der Waals surface area contributed by atoms with E-state index in [1.807, 2.05) is 27.7 Å². The van der Waals surface area contributed by atoms with Crippen molar-refractivity contribution >= 4 is 16.9 Å². The Morgan fingerprint density at radius 2 is 1.97 bits per heavy atom. The van der Waals surface area contributed by atoms with Gasteiger partial charge in [-0.15, -0.1) is 0 Å². The summed E-state index contributed by atoms with van der Waals surface area (Å²) in [6.45, 7) is 11.4. The van der Waals surface area contributed by atoms with Crippen LogP contribution in [0, 0.1) is 12.7 Å². The zero-order valence-corrected chi connectivity index (χ0v) is 17.9. The molecule has 29 heavy (non-hydrogen) atoms. The molecule has 7 heteroatoms. The molecule has 1 aromatic heterocycles. The number of carbonyl (C=O) groups is 1. The molecular formula is C22H32FN5O. The number of aryl methyl sites for hydroxylation is 1. The van der Waals surface area contributed by atoms with Crippen molar-refractivity contribution in [2.24, 2.45) is 0 Å². The van der Waals surface area contributed by atoms with Crippen LogP contribution in [0.4, 0.5) is 4.39 Å². The van der Waals surface area contributed by atoms with E-state index in [9.17, 15) is 9.18 Å². The lowest BCUT2D eigenvalue weighted by atomic mass is 10.1. The van der Waals surface area contributed by atoms with Crippen LogP contribution in [0.5, 0.6) is 0 Å². The molecule has 2 saturated heterocycles. The van der Waals surface area contributed by atoms with Crippen LogP contribution in [0.2, 0.25) is 0 Å². The average molecular weight is 402 g/mol. The molecule has 0 spiro atoms. The topological polar surface area (TPSA) is 64.3 Å². The molecule has 2 N–H and O–H groups in total. The number of fused-ring (bicyclic) bond motifs is 3. The maximum Gasteiger partial charge on any atom is 0.234 e. The fraction of sp³-hybridized carbons (Fsp3) is 0.636. The third-order valence-corrected chi connectivity index (χ3v) is 6.01. The molecule has 4 rings (SSSR count). The van der Waals surface area contributed by atoms with Crippen molar-refractivity contribution in [3.63, 3.8) is 0 Å². The number of aromatic nitrogens is 2. The van der Waals surface area contributed by atoms with Gasteiger partial charge in [0.1, 0.15) is 11.6 Å². The van der Waals surface area contributed by atoms with Crippen LogP contribution >= 0.6 is 0 Å². The molecule has 6 nitrogen and oxygen atoms in total. The molecule has 0 radical (unpaired) electrons. The number of benzene rings is 1. The summed E-state index contributed by atoms with van der Waals surface area (Å²) in [6.07, 6.45) is 3.14. The minimum absolute atomic E-state index is 0.118. The number of carbonyl (C=O) groups excluding carboxylic acids is 1. The van der Waals surface area contributed by atoms with Gasteiger partial charge in [0.25, 0.3) is 0 Å². The molecule has 2 bridgehead atoms. The Labute approximate surface area is 171 Å². The predicted octanol–water partition coefficient (Wildman–Crippen LogP) is 2.62. The van der Waals surface area contributed by atoms with Gasteiger partial charge < -0.3 is 10.3 Å². The number of hydrogen-bond donors (Lipinski definition) is 2. The third-order valence-electron chi connectivity index (χ3n) is 6.01. The first-order valence-electron chi connectivity index (χ1n) is 10.6. The van der Waals surface area contributed by atoms with Gasteiger partial charge in [-0.3, -0.25) is 14.6 Å². The molecule has 1 amide bonds. The molecule has 2 fully saturated rings. The molecule has 3 heterocycles. The summed E-state index contributed by atoms with van der Waals surface area (Å²) in [5.74, 6) is 0.800. The predicted molar refractivity (Wildman–Crippen MR) is 112 cm³/mol. The first-order chi connectivity index (χ1) is 13.7. The summed E-state index contributed by atoms with van der Waals surface area (Å²) in [4.78, 5) is 25.2. The van der Waals surface area contributed by atoms with Crippen molar-refractivity contribution in [1.82, 2.24) is 25.1 Å². The Balaban J connectivity index is 1.34. The molecule has 0 saturated carbocycles. The zero-order valence-electron chi connectivity index (χ0n) is 17.9. The second-order valence-electron chi connectivity index (χ2n) is 9.67. The monoisotopic (exact) mass is 401 g/mol. The summed E-state index contributed by atoms with van der Waals surface area (Å²) in [5, 5.41) is 3.08. The highest BCUT2D eigenvalue weighted by molar-refractivity contribution is 5.79. The summed E-state index contributed by atoms with van der Waals surface area (Å²) in [7, 11) is 0. The van der Waals surface area contributed by atoms with E-state index in [-0.39, 0.29) is 17.3 Å². The minimum Gasteiger partial charge on any atom is -0.350 e. The van der Waals surface area contributed by atoms with Gasteiger partial charge in [-0.05, 0) is 58.2 Å². The van der Waals surface area contributed by atoms with Crippen molar-refractivity contribution in [3.8, 4) is 0 Å². The number of likely N-dealkylation sites (tertiary alicyclic amines) is 1. The highest BCUT2D eigenvalue weighted by Gasteiger charge is 2.40. The quantitative estimate of drug-likeness (QED) is 0.808. The lowest BCUT2D eigenvalue weighted by molar-refractivity contribution is -0.125. The summed E-state index contributed by atoms with van der Waals surface area (Å²) in [5.41, 5.74) is 2.30. The van der Waals surface area contributed by atoms with Crippen LogP contribution in [-0.2, 0) is 11.2 Å². The number of nitrogens with one attached hydrogen (secondary N) is 2. The van der Waals surface area contributed by atoms with Gasteiger partial charge in [0.15, 0.2) is 0 Å². The highest BCUT2D eigenvalue weighted by Crippen LogP contribution is 2.30. The molecule has 1 aromatic carbocycles. The van der Waals surface area contributed by atoms with E-state index in [2.05, 4.69) is 25.1 Å². The first kappa shape index (κ1) is 20.3. The number of rotatable bonds is 5. The van der Waals surface area contributed by atoms with Crippen LogP contribution in [0.3, 0.4) is 0 Å². The fourth-order valence-corrected chi connectivity index (χ4v) is 4.82. The van der Waals surface area contributed by atoms with Crippen molar-refractivity contribution in [2.45, 2.75) is 64.6 Å². The van der Waals surface area contributed by atoms with Gasteiger partial charge in [-0.25, -0.2) is 9.37 Å². The van der Waals surface area contributed by atoms with Crippen LogP contribution in [0.1, 0.15) is 45.0 Å². The third kappa shape index (κ3) is 4.61. The molecule has 2 aromatic rings. The van der Waals surface area contributed by atoms with Gasteiger partial charge in [-0.2, -0.15) is 0 Å². The number of halogens is 1. The van der Waals surface area contributed by atoms with Crippen LogP contribution < -0.4 is 5.32 Å². The Bertz CT molecular complexity index is 888. The number of piperazine rings is 1. The summed E-state index contributed by atoms with van der Waals surface area (Å²) < 4.78 is 13.6. The number of hydrogen-bond acceptors (Lipinski definition) is 4. The molecule has 2 aliphatic rings. The van der Waals surface area contributed by atoms with Gasteiger partial charge in [0, 0.05) is 43.7 Å². The SMILES string of the molecule is Cc1cc(F)cc2[nH]c(CCN3CC4CCC(C3)N4CC(=O)NC(C)(C)C)nc12. The van der Waals surface area contributed by atoms with Crippen molar-refractivity contribution in [1.29, 1.82) is 0 Å². The van der Waals surface area contributed by atoms with E-state index >= 15 is 0 Å². The number of aromatic amines is 1. The van der Waals surface area contributed by atoms with E-state index in [0.717, 1.165) is 61.3 Å². The van der Waals surface area contributed by atoms with E-state index < -0.39 is 0 Å². The largest absolute Gasteiger partial charge is 0.350 e. The summed E-state index contributed by atoms with van der Waals surface area (Å²) in [6, 6.07) is 3.94. The smallest absolute Gasteiger partial charge is 0.234 e. The van der Waals surface area contributed by atoms with E-state index in [0.29, 0.717) is 18.6 Å². The molecule has 0 aliphatic carbocycles. The zero-order chi connectivity index (χ0) is 20.8. The maximum atomic E-state index is 13.6. The Hall–Kier alpha value is -1.99. The number of H-pyrrole nitrogens is 1. The minimum atomic E-state index is -0.228. The molecule has 2 aliphatic heterocycles. The lowest BCUT2D eigenvalue weighted by Gasteiger charge is -2.41. The first-order valence-corrected chi connectivity index (χ1v) is 10.6. The van der Waals surface area contributed by atoms with Gasteiger partial charge >= 0.3 is 0 Å². The Morgan fingerprint density at radius 3 is 2.62 bits per heavy atom. The van der Waals surface area contributed by atoms with Crippen LogP contribution in [0.15, 0.2) is 12.1 Å². The highest BCUT2D eigenvalue weighted by atomic mass is 19.1. The van der Waals surface area contributed by atoms with Gasteiger partial charge in [0.2, 0.25) is 5.91 Å². The molecular weight excluding hydrogens is 369 g/mol. The van der Waals surface area contributed by atoms with E-state index in [4.69, 9.17) is 0 Å². The Kier molecular flexibility index (Phi) is 5.38. The molecule has 2 atom stereocenters. The summed E-state index contributed by atoms with van der Waals surface area (Å²) >= 11 is 0. The maximum absolute atomic E-state index is 13.6. The Morgan fingerprint density at radius 1 is 1.28 bits per heavy atom. The van der Waals surface area contributed by atoms with Gasteiger partial charge in [0.05, 0.1) is 17.6 Å². The standard InChI is InChI=1S/C22H32FN5O/c1-14-9-15(23)10-18-21(14)25-19(24-18)7-8-27-11-16-5-6-17(12-27)28(16)13-20(29)26-22(2,3)4/h9-10,16-17H,5-8,11-13H2,1-4H3,(H,24,25)(H,26,29). The van der Waals surface area contributed by atoms with E-state index in [1.54, 1.807) is 0 Å². The molecule has 2 unspecified atom stereocenters. The normalized spacial score (nSPS) is 23.1. The van der Waals surface area contributed by atoms with Crippen LogP contribution in [-0.4, -0.2) is 69.5 Å². The second kappa shape index (κ2) is 7.69. The van der Waals surface area contributed by atoms with Crippen molar-refractivity contribution in [3.05, 3.63) is 29.3 Å². The van der Waals surface area contributed by atoms with Crippen LogP contribution in [0.25, 0.3) is 11.0 Å². The number of imidazole rings is 1. The molecule has 158 valence electrons. The number of amides is 1. The fourth-order valence-electron chi connectivity index (χ4n) is 4.82. The second-order valence-corrected chi connectivity index (χ2v) is 9.67. The number of nitrogens with zero attached hydrogens (tertiary/aromatic N) is 3. The average Bonchev–Trinajstić information content (AvgIpc) is 3.09.